The molecule has 0 spiro atoms. The van der Waals surface area contributed by atoms with Gasteiger partial charge in [0, 0.05) is 18.0 Å². The molecular weight excluding hydrogens is 408 g/mol. The molecule has 7 heteroatoms. The number of rotatable bonds is 9. The van der Waals surface area contributed by atoms with Crippen LogP contribution in [-0.4, -0.2) is 23.4 Å². The molecule has 0 aliphatic heterocycles. The largest absolute Gasteiger partial charge is 0.493 e. The van der Waals surface area contributed by atoms with Crippen LogP contribution >= 0.6 is 0 Å². The van der Waals surface area contributed by atoms with E-state index in [1.807, 2.05) is 55.5 Å². The number of benzene rings is 2. The number of pyridine rings is 1. The monoisotopic (exact) mass is 430 g/mol. The molecule has 0 fully saturated rings. The first-order valence-electron chi connectivity index (χ1n) is 10.0. The normalized spacial score (nSPS) is 10.6. The van der Waals surface area contributed by atoms with Gasteiger partial charge in [-0.2, -0.15) is 0 Å². The number of hydrogen-bond donors (Lipinski definition) is 0. The van der Waals surface area contributed by atoms with Crippen LogP contribution in [0.25, 0.3) is 11.5 Å². The number of hydrogen-bond acceptors (Lipinski definition) is 7. The second-order valence-electron chi connectivity index (χ2n) is 6.98. The lowest BCUT2D eigenvalue weighted by Gasteiger charge is -2.13. The lowest BCUT2D eigenvalue weighted by molar-refractivity contribution is 0.111. The summed E-state index contributed by atoms with van der Waals surface area (Å²) in [5.74, 6) is 2.89. The van der Waals surface area contributed by atoms with Gasteiger partial charge in [0.2, 0.25) is 5.89 Å². The van der Waals surface area contributed by atoms with Crippen molar-refractivity contribution in [1.29, 1.82) is 0 Å². The van der Waals surface area contributed by atoms with Crippen LogP contribution in [0.5, 0.6) is 17.2 Å². The first-order chi connectivity index (χ1) is 15.7. The van der Waals surface area contributed by atoms with Gasteiger partial charge in [0.1, 0.15) is 30.4 Å². The number of aromatic nitrogens is 2. The highest BCUT2D eigenvalue weighted by molar-refractivity contribution is 5.78. The van der Waals surface area contributed by atoms with E-state index in [-0.39, 0.29) is 13.2 Å². The fourth-order valence-corrected chi connectivity index (χ4v) is 3.11. The fraction of sp³-hybridized carbons (Fsp3) is 0.160. The van der Waals surface area contributed by atoms with Crippen molar-refractivity contribution in [2.24, 2.45) is 0 Å². The Bertz CT molecular complexity index is 1200. The summed E-state index contributed by atoms with van der Waals surface area (Å²) < 4.78 is 23.0. The summed E-state index contributed by atoms with van der Waals surface area (Å²) in [5.41, 5.74) is 2.90. The number of aryl methyl sites for hydroxylation is 1. The molecule has 0 aliphatic carbocycles. The zero-order valence-corrected chi connectivity index (χ0v) is 17.8. The fourth-order valence-electron chi connectivity index (χ4n) is 3.11. The van der Waals surface area contributed by atoms with Gasteiger partial charge in [-0.15, -0.1) is 0 Å². The van der Waals surface area contributed by atoms with Crippen molar-refractivity contribution in [3.8, 4) is 28.7 Å². The summed E-state index contributed by atoms with van der Waals surface area (Å²) in [7, 11) is 1.58. The van der Waals surface area contributed by atoms with Crippen molar-refractivity contribution < 1.29 is 23.4 Å². The van der Waals surface area contributed by atoms with Gasteiger partial charge in [0.15, 0.2) is 17.8 Å². The van der Waals surface area contributed by atoms with E-state index in [2.05, 4.69) is 9.97 Å². The standard InChI is InChI=1S/C25H22N2O5/c1-17-21(27-25(32-17)19-6-4-3-5-7-19)16-31-23-9-8-18(12-24(23)29-2)15-30-22-10-11-26-13-20(22)14-28/h3-14H,15-16H2,1-2H3. The van der Waals surface area contributed by atoms with E-state index < -0.39 is 0 Å². The summed E-state index contributed by atoms with van der Waals surface area (Å²) in [5, 5.41) is 0. The van der Waals surface area contributed by atoms with E-state index in [9.17, 15) is 4.79 Å². The zero-order chi connectivity index (χ0) is 22.3. The van der Waals surface area contributed by atoms with Crippen LogP contribution in [0.2, 0.25) is 0 Å². The molecule has 0 atom stereocenters. The van der Waals surface area contributed by atoms with Gasteiger partial charge in [-0.25, -0.2) is 4.98 Å². The van der Waals surface area contributed by atoms with E-state index in [0.717, 1.165) is 23.1 Å². The van der Waals surface area contributed by atoms with Gasteiger partial charge in [-0.05, 0) is 42.8 Å². The average Bonchev–Trinajstić information content (AvgIpc) is 3.22. The highest BCUT2D eigenvalue weighted by Crippen LogP contribution is 2.30. The van der Waals surface area contributed by atoms with Crippen molar-refractivity contribution >= 4 is 6.29 Å². The summed E-state index contributed by atoms with van der Waals surface area (Å²) in [6, 6.07) is 16.9. The Kier molecular flexibility index (Phi) is 6.46. The van der Waals surface area contributed by atoms with Gasteiger partial charge < -0.3 is 18.6 Å². The number of carbonyl (C=O) groups is 1. The molecule has 0 saturated carbocycles. The molecule has 32 heavy (non-hydrogen) atoms. The van der Waals surface area contributed by atoms with Gasteiger partial charge in [0.05, 0.1) is 12.7 Å². The maximum Gasteiger partial charge on any atom is 0.226 e. The number of ether oxygens (including phenoxy) is 3. The number of methoxy groups -OCH3 is 1. The van der Waals surface area contributed by atoms with Gasteiger partial charge >= 0.3 is 0 Å². The number of oxazole rings is 1. The van der Waals surface area contributed by atoms with Crippen molar-refractivity contribution in [1.82, 2.24) is 9.97 Å². The summed E-state index contributed by atoms with van der Waals surface area (Å²) >= 11 is 0. The van der Waals surface area contributed by atoms with E-state index >= 15 is 0 Å². The lowest BCUT2D eigenvalue weighted by atomic mass is 10.2. The minimum absolute atomic E-state index is 0.244. The first-order valence-corrected chi connectivity index (χ1v) is 10.0. The van der Waals surface area contributed by atoms with Crippen LogP contribution in [-0.2, 0) is 13.2 Å². The molecule has 0 unspecified atom stereocenters. The predicted molar refractivity (Wildman–Crippen MR) is 118 cm³/mol. The predicted octanol–water partition coefficient (Wildman–Crippen LogP) is 5.02. The molecule has 4 aromatic rings. The van der Waals surface area contributed by atoms with Gasteiger partial charge in [0.25, 0.3) is 0 Å². The maximum atomic E-state index is 11.1. The Balaban J connectivity index is 1.43. The van der Waals surface area contributed by atoms with Gasteiger partial charge in [-0.3, -0.25) is 9.78 Å². The highest BCUT2D eigenvalue weighted by Gasteiger charge is 2.14. The minimum Gasteiger partial charge on any atom is -0.493 e. The van der Waals surface area contributed by atoms with Crippen LogP contribution in [0.3, 0.4) is 0 Å². The lowest BCUT2D eigenvalue weighted by Crippen LogP contribution is -2.02. The van der Waals surface area contributed by atoms with Crippen LogP contribution in [0, 0.1) is 6.92 Å². The van der Waals surface area contributed by atoms with Crippen molar-refractivity contribution in [2.45, 2.75) is 20.1 Å². The number of carbonyl (C=O) groups excluding carboxylic acids is 1. The first kappa shape index (κ1) is 21.1. The minimum atomic E-state index is 0.244. The van der Waals surface area contributed by atoms with Crippen LogP contribution in [0.1, 0.15) is 27.4 Å². The molecule has 7 nitrogen and oxygen atoms in total. The third kappa shape index (κ3) is 4.78. The second-order valence-corrected chi connectivity index (χ2v) is 6.98. The quantitative estimate of drug-likeness (QED) is 0.345. The topological polar surface area (TPSA) is 83.7 Å². The molecule has 0 amide bonds. The van der Waals surface area contributed by atoms with E-state index in [1.54, 1.807) is 19.4 Å². The average molecular weight is 430 g/mol. The Morgan fingerprint density at radius 3 is 2.56 bits per heavy atom. The number of aldehydes is 1. The molecule has 2 aromatic heterocycles. The van der Waals surface area contributed by atoms with Crippen molar-refractivity contribution in [2.75, 3.05) is 7.11 Å². The Labute approximate surface area is 185 Å². The Hall–Kier alpha value is -4.13. The highest BCUT2D eigenvalue weighted by atomic mass is 16.5. The SMILES string of the molecule is COc1cc(COc2ccncc2C=O)ccc1OCc1nc(-c2ccccc2)oc1C. The molecule has 162 valence electrons. The third-order valence-corrected chi connectivity index (χ3v) is 4.84. The maximum absolute atomic E-state index is 11.1. The zero-order valence-electron chi connectivity index (χ0n) is 17.8. The molecular formula is C25H22N2O5. The smallest absolute Gasteiger partial charge is 0.226 e. The molecule has 0 N–H and O–H groups in total. The second kappa shape index (κ2) is 9.78. The number of nitrogens with zero attached hydrogens (tertiary/aromatic N) is 2. The molecule has 4 rings (SSSR count). The third-order valence-electron chi connectivity index (χ3n) is 4.84. The summed E-state index contributed by atoms with van der Waals surface area (Å²) in [4.78, 5) is 19.6. The molecule has 0 saturated heterocycles. The summed E-state index contributed by atoms with van der Waals surface area (Å²) in [6.45, 7) is 2.38. The molecule has 0 aliphatic rings. The molecule has 0 bridgehead atoms. The van der Waals surface area contributed by atoms with Gasteiger partial charge in [-0.1, -0.05) is 24.3 Å². The molecule has 2 heterocycles. The molecule has 2 aromatic carbocycles. The van der Waals surface area contributed by atoms with Crippen molar-refractivity contribution in [3.63, 3.8) is 0 Å². The molecule has 0 radical (unpaired) electrons. The Morgan fingerprint density at radius 2 is 1.78 bits per heavy atom. The van der Waals surface area contributed by atoms with Crippen molar-refractivity contribution in [3.05, 3.63) is 89.6 Å². The Morgan fingerprint density at radius 1 is 0.969 bits per heavy atom. The van der Waals surface area contributed by atoms with Crippen LogP contribution in [0.15, 0.2) is 71.4 Å². The van der Waals surface area contributed by atoms with E-state index in [1.165, 1.54) is 6.20 Å². The van der Waals surface area contributed by atoms with Crippen LogP contribution in [0.4, 0.5) is 0 Å². The van der Waals surface area contributed by atoms with E-state index in [0.29, 0.717) is 34.5 Å². The summed E-state index contributed by atoms with van der Waals surface area (Å²) in [6.07, 6.45) is 3.76. The van der Waals surface area contributed by atoms with E-state index in [4.69, 9.17) is 18.6 Å². The van der Waals surface area contributed by atoms with Crippen LogP contribution < -0.4 is 14.2 Å².